The predicted molar refractivity (Wildman–Crippen MR) is 66.0 cm³/mol. The summed E-state index contributed by atoms with van der Waals surface area (Å²) < 4.78 is 18.8. The topological polar surface area (TPSA) is 39.2 Å². The highest BCUT2D eigenvalue weighted by atomic mass is 19.1. The monoisotopic (exact) mass is 227 g/mol. The summed E-state index contributed by atoms with van der Waals surface area (Å²) in [6.45, 7) is 0. The second-order valence-corrected chi connectivity index (χ2v) is 3.92. The molecule has 0 saturated heterocycles. The van der Waals surface area contributed by atoms with Crippen molar-refractivity contribution in [1.82, 2.24) is 0 Å². The van der Waals surface area contributed by atoms with E-state index in [0.717, 1.165) is 16.5 Å². The van der Waals surface area contributed by atoms with Crippen LogP contribution in [0.15, 0.2) is 52.9 Å². The Kier molecular flexibility index (Phi) is 2.11. The first-order valence-electron chi connectivity index (χ1n) is 5.27. The zero-order valence-corrected chi connectivity index (χ0v) is 8.98. The first-order chi connectivity index (χ1) is 8.22. The van der Waals surface area contributed by atoms with Crippen LogP contribution in [-0.2, 0) is 0 Å². The van der Waals surface area contributed by atoms with E-state index in [2.05, 4.69) is 0 Å². The Morgan fingerprint density at radius 3 is 2.71 bits per heavy atom. The molecule has 3 heteroatoms. The Morgan fingerprint density at radius 2 is 1.88 bits per heavy atom. The lowest BCUT2D eigenvalue weighted by atomic mass is 10.1. The minimum absolute atomic E-state index is 0.275. The maximum atomic E-state index is 13.1. The molecule has 0 atom stereocenters. The molecule has 0 amide bonds. The number of nitrogen functional groups attached to an aromatic ring is 1. The third kappa shape index (κ3) is 1.76. The van der Waals surface area contributed by atoms with Crippen LogP contribution in [0.3, 0.4) is 0 Å². The van der Waals surface area contributed by atoms with E-state index in [4.69, 9.17) is 10.2 Å². The molecule has 2 N–H and O–H groups in total. The zero-order valence-electron chi connectivity index (χ0n) is 8.98. The summed E-state index contributed by atoms with van der Waals surface area (Å²) in [4.78, 5) is 0. The maximum Gasteiger partial charge on any atom is 0.135 e. The molecule has 1 aromatic heterocycles. The molecule has 0 unspecified atom stereocenters. The number of rotatable bonds is 1. The molecular weight excluding hydrogens is 217 g/mol. The molecule has 17 heavy (non-hydrogen) atoms. The highest BCUT2D eigenvalue weighted by Crippen LogP contribution is 2.29. The number of fused-ring (bicyclic) bond motifs is 1. The number of hydrogen-bond acceptors (Lipinski definition) is 2. The Labute approximate surface area is 97.5 Å². The van der Waals surface area contributed by atoms with E-state index in [0.29, 0.717) is 11.4 Å². The van der Waals surface area contributed by atoms with Gasteiger partial charge in [0.2, 0.25) is 0 Å². The molecule has 2 nitrogen and oxygen atoms in total. The summed E-state index contributed by atoms with van der Waals surface area (Å²) in [5, 5.41) is 0.921. The quantitative estimate of drug-likeness (QED) is 0.642. The van der Waals surface area contributed by atoms with Crippen LogP contribution < -0.4 is 5.73 Å². The normalized spacial score (nSPS) is 10.9. The van der Waals surface area contributed by atoms with Gasteiger partial charge in [0, 0.05) is 16.6 Å². The third-order valence-electron chi connectivity index (χ3n) is 2.65. The summed E-state index contributed by atoms with van der Waals surface area (Å²) in [5.41, 5.74) is 7.85. The molecule has 0 aliphatic heterocycles. The van der Waals surface area contributed by atoms with E-state index in [-0.39, 0.29) is 5.82 Å². The third-order valence-corrected chi connectivity index (χ3v) is 2.65. The maximum absolute atomic E-state index is 13.1. The average molecular weight is 227 g/mol. The number of hydrogen-bond donors (Lipinski definition) is 1. The fraction of sp³-hybridized carbons (Fsp3) is 0. The van der Waals surface area contributed by atoms with Gasteiger partial charge >= 0.3 is 0 Å². The van der Waals surface area contributed by atoms with Crippen molar-refractivity contribution in [2.45, 2.75) is 0 Å². The van der Waals surface area contributed by atoms with E-state index in [1.807, 2.05) is 24.3 Å². The lowest BCUT2D eigenvalue weighted by molar-refractivity contribution is 0.618. The van der Waals surface area contributed by atoms with Gasteiger partial charge in [0.25, 0.3) is 0 Å². The van der Waals surface area contributed by atoms with Crippen molar-refractivity contribution in [2.75, 3.05) is 5.73 Å². The van der Waals surface area contributed by atoms with Crippen LogP contribution in [0.2, 0.25) is 0 Å². The summed E-state index contributed by atoms with van der Waals surface area (Å²) in [5.74, 6) is 0.368. The molecule has 0 spiro atoms. The minimum atomic E-state index is -0.275. The van der Waals surface area contributed by atoms with Gasteiger partial charge in [-0.1, -0.05) is 12.1 Å². The second-order valence-electron chi connectivity index (χ2n) is 3.92. The summed E-state index contributed by atoms with van der Waals surface area (Å²) in [7, 11) is 0. The van der Waals surface area contributed by atoms with Gasteiger partial charge in [0.05, 0.1) is 0 Å². The Balaban J connectivity index is 2.18. The molecule has 0 aliphatic carbocycles. The molecule has 2 aromatic carbocycles. The van der Waals surface area contributed by atoms with Crippen molar-refractivity contribution < 1.29 is 8.81 Å². The molecule has 0 saturated carbocycles. The van der Waals surface area contributed by atoms with E-state index >= 15 is 0 Å². The van der Waals surface area contributed by atoms with Crippen molar-refractivity contribution >= 4 is 16.7 Å². The number of benzene rings is 2. The SMILES string of the molecule is Nc1ccc2oc(-c3cccc(F)c3)cc2c1. The Hall–Kier alpha value is -2.29. The van der Waals surface area contributed by atoms with Crippen LogP contribution in [0, 0.1) is 5.82 Å². The van der Waals surface area contributed by atoms with Crippen LogP contribution in [0.1, 0.15) is 0 Å². The van der Waals surface area contributed by atoms with Gasteiger partial charge in [-0.25, -0.2) is 4.39 Å². The van der Waals surface area contributed by atoms with Crippen molar-refractivity contribution in [1.29, 1.82) is 0 Å². The van der Waals surface area contributed by atoms with Crippen LogP contribution >= 0.6 is 0 Å². The van der Waals surface area contributed by atoms with Crippen LogP contribution in [0.5, 0.6) is 0 Å². The van der Waals surface area contributed by atoms with E-state index in [9.17, 15) is 4.39 Å². The molecule has 0 radical (unpaired) electrons. The molecule has 3 rings (SSSR count). The van der Waals surface area contributed by atoms with E-state index < -0.39 is 0 Å². The average Bonchev–Trinajstić information content (AvgIpc) is 2.72. The van der Waals surface area contributed by atoms with Gasteiger partial charge in [-0.2, -0.15) is 0 Å². The molecular formula is C14H10FNO. The fourth-order valence-electron chi connectivity index (χ4n) is 1.85. The lowest BCUT2D eigenvalue weighted by Gasteiger charge is -1.95. The van der Waals surface area contributed by atoms with Gasteiger partial charge in [0.1, 0.15) is 17.2 Å². The summed E-state index contributed by atoms with van der Waals surface area (Å²) in [6.07, 6.45) is 0. The lowest BCUT2D eigenvalue weighted by Crippen LogP contribution is -1.80. The van der Waals surface area contributed by atoms with Crippen molar-refractivity contribution in [3.63, 3.8) is 0 Å². The first-order valence-corrected chi connectivity index (χ1v) is 5.27. The van der Waals surface area contributed by atoms with Crippen LogP contribution in [-0.4, -0.2) is 0 Å². The van der Waals surface area contributed by atoms with Gasteiger partial charge in [0.15, 0.2) is 0 Å². The standard InChI is InChI=1S/C14H10FNO/c15-11-3-1-2-9(6-11)14-8-10-7-12(16)4-5-13(10)17-14/h1-8H,16H2. The van der Waals surface area contributed by atoms with E-state index in [1.165, 1.54) is 12.1 Å². The molecule has 3 aromatic rings. The highest BCUT2D eigenvalue weighted by molar-refractivity contribution is 5.85. The number of halogens is 1. The van der Waals surface area contributed by atoms with Gasteiger partial charge in [-0.15, -0.1) is 0 Å². The summed E-state index contributed by atoms with van der Waals surface area (Å²) >= 11 is 0. The molecule has 0 bridgehead atoms. The highest BCUT2D eigenvalue weighted by Gasteiger charge is 2.06. The largest absolute Gasteiger partial charge is 0.456 e. The fourth-order valence-corrected chi connectivity index (χ4v) is 1.85. The number of furan rings is 1. The van der Waals surface area contributed by atoms with E-state index in [1.54, 1.807) is 12.1 Å². The molecule has 1 heterocycles. The smallest absolute Gasteiger partial charge is 0.135 e. The van der Waals surface area contributed by atoms with Crippen LogP contribution in [0.4, 0.5) is 10.1 Å². The molecule has 0 fully saturated rings. The van der Waals surface area contributed by atoms with Crippen molar-refractivity contribution in [3.8, 4) is 11.3 Å². The zero-order chi connectivity index (χ0) is 11.8. The van der Waals surface area contributed by atoms with Crippen molar-refractivity contribution in [2.24, 2.45) is 0 Å². The summed E-state index contributed by atoms with van der Waals surface area (Å²) in [6, 6.07) is 13.6. The Morgan fingerprint density at radius 1 is 1.00 bits per heavy atom. The Bertz CT molecular complexity index is 688. The molecule has 84 valence electrons. The van der Waals surface area contributed by atoms with Crippen molar-refractivity contribution in [3.05, 3.63) is 54.3 Å². The van der Waals surface area contributed by atoms with Crippen LogP contribution in [0.25, 0.3) is 22.3 Å². The van der Waals surface area contributed by atoms with Gasteiger partial charge < -0.3 is 10.2 Å². The minimum Gasteiger partial charge on any atom is -0.456 e. The van der Waals surface area contributed by atoms with Gasteiger partial charge in [-0.05, 0) is 36.4 Å². The first kappa shape index (κ1) is 9.90. The van der Waals surface area contributed by atoms with Gasteiger partial charge in [-0.3, -0.25) is 0 Å². The number of anilines is 1. The second kappa shape index (κ2) is 3.63. The predicted octanol–water partition coefficient (Wildman–Crippen LogP) is 3.82. The number of nitrogens with two attached hydrogens (primary N) is 1. The molecule has 0 aliphatic rings.